The van der Waals surface area contributed by atoms with E-state index in [9.17, 15) is 4.79 Å². The molecule has 1 saturated heterocycles. The van der Waals surface area contributed by atoms with Crippen molar-refractivity contribution in [1.82, 2.24) is 5.43 Å². The zero-order valence-corrected chi connectivity index (χ0v) is 11.1. The summed E-state index contributed by atoms with van der Waals surface area (Å²) < 4.78 is 1.78. The van der Waals surface area contributed by atoms with Gasteiger partial charge in [-0.05, 0) is 18.2 Å². The van der Waals surface area contributed by atoms with Crippen molar-refractivity contribution in [2.45, 2.75) is 25.8 Å². The van der Waals surface area contributed by atoms with Gasteiger partial charge in [-0.3, -0.25) is 4.79 Å². The lowest BCUT2D eigenvalue weighted by Crippen LogP contribution is -2.36. The molecule has 90 valence electrons. The van der Waals surface area contributed by atoms with Crippen LogP contribution in [0.3, 0.4) is 0 Å². The van der Waals surface area contributed by atoms with Crippen molar-refractivity contribution in [1.29, 1.82) is 0 Å². The Balaban J connectivity index is 2.39. The highest BCUT2D eigenvalue weighted by Crippen LogP contribution is 2.22. The van der Waals surface area contributed by atoms with Crippen LogP contribution in [0.4, 0.5) is 0 Å². The summed E-state index contributed by atoms with van der Waals surface area (Å²) in [4.78, 5) is 11.4. The molecule has 0 radical (unpaired) electrons. The number of carbonyl (C=O) groups is 1. The summed E-state index contributed by atoms with van der Waals surface area (Å²) in [6.07, 6.45) is 2.29. The molecule has 1 fully saturated rings. The lowest BCUT2D eigenvalue weighted by molar-refractivity contribution is -0.620. The number of rotatable bonds is 1. The molecule has 0 spiro atoms. The Labute approximate surface area is 110 Å². The predicted octanol–water partition coefficient (Wildman–Crippen LogP) is 2.64. The van der Waals surface area contributed by atoms with Gasteiger partial charge in [-0.2, -0.15) is 0 Å². The molecule has 1 amide bonds. The molecule has 0 aromatic heterocycles. The Morgan fingerprint density at radius 3 is 2.65 bits per heavy atom. The Kier molecular flexibility index (Phi) is 3.15. The molecule has 0 atom stereocenters. The molecule has 1 aromatic rings. The van der Waals surface area contributed by atoms with E-state index in [-0.39, 0.29) is 11.4 Å². The third-order valence-electron chi connectivity index (χ3n) is 2.72. The minimum Gasteiger partial charge on any atom is -0.269 e. The van der Waals surface area contributed by atoms with Crippen LogP contribution in [0, 0.1) is 0 Å². The van der Waals surface area contributed by atoms with E-state index in [1.54, 1.807) is 16.8 Å². The van der Waals surface area contributed by atoms with Crippen LogP contribution in [-0.2, 0) is 4.79 Å². The number of hydrazone groups is 1. The molecule has 1 aromatic carbocycles. The summed E-state index contributed by atoms with van der Waals surface area (Å²) in [6, 6.07) is 5.27. The first-order valence-electron chi connectivity index (χ1n) is 5.27. The van der Waals surface area contributed by atoms with Crippen molar-refractivity contribution in [3.05, 3.63) is 33.8 Å². The second kappa shape index (κ2) is 4.31. The van der Waals surface area contributed by atoms with E-state index >= 15 is 0 Å². The van der Waals surface area contributed by atoms with E-state index < -0.39 is 0 Å². The molecule has 2 rings (SSSR count). The zero-order valence-electron chi connectivity index (χ0n) is 9.63. The molecule has 1 N–H and O–H groups in total. The number of benzene rings is 1. The average Bonchev–Trinajstić information content (AvgIpc) is 2.44. The van der Waals surface area contributed by atoms with Gasteiger partial charge < -0.3 is 0 Å². The first-order valence-corrected chi connectivity index (χ1v) is 6.03. The Bertz CT molecular complexity index is 509. The van der Waals surface area contributed by atoms with E-state index in [1.165, 1.54) is 0 Å². The smallest absolute Gasteiger partial charge is 0.269 e. The lowest BCUT2D eigenvalue weighted by atomic mass is 10.0. The van der Waals surface area contributed by atoms with E-state index in [1.807, 2.05) is 26.1 Å². The van der Waals surface area contributed by atoms with Crippen LogP contribution in [0.25, 0.3) is 0 Å². The maximum atomic E-state index is 11.4. The number of hydrogen-bond donors (Lipinski definition) is 1. The Morgan fingerprint density at radius 1 is 1.41 bits per heavy atom. The lowest BCUT2D eigenvalue weighted by Gasteiger charge is -2.10. The van der Waals surface area contributed by atoms with Crippen LogP contribution in [0.15, 0.2) is 18.2 Å². The van der Waals surface area contributed by atoms with Gasteiger partial charge in [0.2, 0.25) is 6.21 Å². The van der Waals surface area contributed by atoms with Gasteiger partial charge in [-0.25, -0.2) is 0 Å². The third kappa shape index (κ3) is 2.61. The molecule has 1 heterocycles. The number of carbonyl (C=O) groups excluding carboxylic acids is 1. The third-order valence-corrected chi connectivity index (χ3v) is 3.28. The molecule has 17 heavy (non-hydrogen) atoms. The molecule has 5 heteroatoms. The van der Waals surface area contributed by atoms with Crippen LogP contribution in [0.2, 0.25) is 10.0 Å². The maximum Gasteiger partial charge on any atom is 0.281 e. The standard InChI is InChI=1S/C12H12Cl2N2O/c1-12(2)6-11(17)15-16(12)7-8-3-4-9(13)5-10(8)14/h3-5,7H,6H2,1-2H3/p+1/b16-7+. The van der Waals surface area contributed by atoms with Crippen LogP contribution in [-0.4, -0.2) is 22.3 Å². The minimum atomic E-state index is -0.250. The largest absolute Gasteiger partial charge is 0.281 e. The highest BCUT2D eigenvalue weighted by Gasteiger charge is 2.42. The van der Waals surface area contributed by atoms with Gasteiger partial charge in [0.15, 0.2) is 5.54 Å². The van der Waals surface area contributed by atoms with Crippen molar-refractivity contribution < 1.29 is 9.48 Å². The number of nitrogens with one attached hydrogen (secondary N) is 1. The van der Waals surface area contributed by atoms with Crippen molar-refractivity contribution in [2.24, 2.45) is 0 Å². The fourth-order valence-electron chi connectivity index (χ4n) is 1.76. The van der Waals surface area contributed by atoms with Gasteiger partial charge in [0.25, 0.3) is 5.91 Å². The summed E-state index contributed by atoms with van der Waals surface area (Å²) >= 11 is 11.9. The fourth-order valence-corrected chi connectivity index (χ4v) is 2.21. The second-order valence-corrected chi connectivity index (χ2v) is 5.53. The zero-order chi connectivity index (χ0) is 12.6. The normalized spacial score (nSPS) is 20.7. The summed E-state index contributed by atoms with van der Waals surface area (Å²) in [5, 5.41) is 1.16. The molecule has 1 aliphatic rings. The maximum absolute atomic E-state index is 11.4. The Morgan fingerprint density at radius 2 is 2.12 bits per heavy atom. The van der Waals surface area contributed by atoms with Crippen LogP contribution < -0.4 is 5.43 Å². The molecular formula is C12H13Cl2N2O+. The fraction of sp³-hybridized carbons (Fsp3) is 0.333. The van der Waals surface area contributed by atoms with Gasteiger partial charge in [-0.15, -0.1) is 10.1 Å². The number of nitrogens with zero attached hydrogens (tertiary/aromatic N) is 1. The van der Waals surface area contributed by atoms with Crippen LogP contribution >= 0.6 is 23.2 Å². The summed E-state index contributed by atoms with van der Waals surface area (Å²) in [7, 11) is 0. The van der Waals surface area contributed by atoms with E-state index in [2.05, 4.69) is 5.43 Å². The average molecular weight is 272 g/mol. The van der Waals surface area contributed by atoms with Gasteiger partial charge >= 0.3 is 0 Å². The van der Waals surface area contributed by atoms with Gasteiger partial charge in [0, 0.05) is 18.9 Å². The number of halogens is 2. The number of amides is 1. The molecule has 0 aliphatic carbocycles. The topological polar surface area (TPSA) is 32.1 Å². The molecule has 3 nitrogen and oxygen atoms in total. The van der Waals surface area contributed by atoms with Gasteiger partial charge in [-0.1, -0.05) is 23.2 Å². The van der Waals surface area contributed by atoms with Crippen LogP contribution in [0.1, 0.15) is 25.8 Å². The molecule has 0 saturated carbocycles. The predicted molar refractivity (Wildman–Crippen MR) is 68.7 cm³/mol. The van der Waals surface area contributed by atoms with E-state index in [4.69, 9.17) is 23.2 Å². The van der Waals surface area contributed by atoms with Crippen LogP contribution in [0.5, 0.6) is 0 Å². The summed E-state index contributed by atoms with van der Waals surface area (Å²) in [5.41, 5.74) is 3.36. The second-order valence-electron chi connectivity index (χ2n) is 4.69. The van der Waals surface area contributed by atoms with Gasteiger partial charge in [0.1, 0.15) is 0 Å². The quantitative estimate of drug-likeness (QED) is 0.783. The summed E-state index contributed by atoms with van der Waals surface area (Å²) in [6.45, 7) is 3.98. The molecule has 1 aliphatic heterocycles. The Hall–Kier alpha value is -1.06. The van der Waals surface area contributed by atoms with E-state index in [0.717, 1.165) is 5.56 Å². The monoisotopic (exact) mass is 271 g/mol. The highest BCUT2D eigenvalue weighted by atomic mass is 35.5. The van der Waals surface area contributed by atoms with Crippen molar-refractivity contribution in [2.75, 3.05) is 0 Å². The molecular weight excluding hydrogens is 259 g/mol. The number of hydrazine groups is 1. The van der Waals surface area contributed by atoms with Crippen molar-refractivity contribution in [3.63, 3.8) is 0 Å². The molecule has 0 unspecified atom stereocenters. The summed E-state index contributed by atoms with van der Waals surface area (Å²) in [5.74, 6) is 0.0105. The first kappa shape index (κ1) is 12.4. The SMILES string of the molecule is CC1(C)CC(=O)N/[N+]1=C/c1ccc(Cl)cc1Cl. The van der Waals surface area contributed by atoms with Crippen molar-refractivity contribution in [3.8, 4) is 0 Å². The first-order chi connectivity index (χ1) is 7.88. The molecule has 0 bridgehead atoms. The minimum absolute atomic E-state index is 0.0105. The number of hydrogen-bond acceptors (Lipinski definition) is 1. The van der Waals surface area contributed by atoms with Gasteiger partial charge in [0.05, 0.1) is 17.0 Å². The highest BCUT2D eigenvalue weighted by molar-refractivity contribution is 6.36. The van der Waals surface area contributed by atoms with Crippen molar-refractivity contribution >= 4 is 35.3 Å². The van der Waals surface area contributed by atoms with E-state index in [0.29, 0.717) is 16.5 Å².